The van der Waals surface area contributed by atoms with Crippen LogP contribution >= 0.6 is 0 Å². The van der Waals surface area contributed by atoms with Gasteiger partial charge in [-0.3, -0.25) is 4.79 Å². The Hall–Kier alpha value is -4.08. The number of hydrogen-bond acceptors (Lipinski definition) is 6. The van der Waals surface area contributed by atoms with Crippen molar-refractivity contribution in [1.82, 2.24) is 10.1 Å². The van der Waals surface area contributed by atoms with Gasteiger partial charge in [-0.15, -0.1) is 0 Å². The van der Waals surface area contributed by atoms with Gasteiger partial charge in [0.05, 0.1) is 17.7 Å². The molecule has 0 aliphatic heterocycles. The van der Waals surface area contributed by atoms with Crippen LogP contribution in [-0.2, 0) is 17.6 Å². The van der Waals surface area contributed by atoms with E-state index in [0.717, 1.165) is 17.7 Å². The first-order valence-corrected chi connectivity index (χ1v) is 10.2. The number of halogens is 3. The zero-order valence-electron chi connectivity index (χ0n) is 17.9. The standard InChI is InChI=1S/C24H19F3N2O5/c1-14-21(28-23(34-14)16-2-6-17(7-3-16)24(25,26)27)13-32-18-8-4-15(5-9-18)19(12-22(30)31)20-10-11-33-29-20/h2-11,19H,12-13H2,1H3,(H,30,31). The van der Waals surface area contributed by atoms with Crippen LogP contribution in [0.4, 0.5) is 13.2 Å². The summed E-state index contributed by atoms with van der Waals surface area (Å²) >= 11 is 0. The molecule has 2 aromatic heterocycles. The summed E-state index contributed by atoms with van der Waals surface area (Å²) in [6.45, 7) is 1.77. The van der Waals surface area contributed by atoms with Crippen molar-refractivity contribution in [1.29, 1.82) is 0 Å². The highest BCUT2D eigenvalue weighted by molar-refractivity contribution is 5.68. The molecule has 1 unspecified atom stereocenters. The number of aryl methyl sites for hydroxylation is 1. The van der Waals surface area contributed by atoms with E-state index in [4.69, 9.17) is 13.7 Å². The van der Waals surface area contributed by atoms with Gasteiger partial charge in [0, 0.05) is 17.5 Å². The lowest BCUT2D eigenvalue weighted by Gasteiger charge is -2.13. The third-order valence-electron chi connectivity index (χ3n) is 5.20. The maximum absolute atomic E-state index is 12.8. The van der Waals surface area contributed by atoms with Gasteiger partial charge in [-0.05, 0) is 48.9 Å². The second-order valence-corrected chi connectivity index (χ2v) is 7.53. The van der Waals surface area contributed by atoms with Crippen LogP contribution in [0.2, 0.25) is 0 Å². The van der Waals surface area contributed by atoms with Crippen LogP contribution in [-0.4, -0.2) is 21.2 Å². The predicted octanol–water partition coefficient (Wildman–Crippen LogP) is 5.84. The van der Waals surface area contributed by atoms with Crippen molar-refractivity contribution in [3.05, 3.63) is 89.1 Å². The number of aromatic nitrogens is 2. The van der Waals surface area contributed by atoms with E-state index in [1.54, 1.807) is 37.3 Å². The predicted molar refractivity (Wildman–Crippen MR) is 113 cm³/mol. The SMILES string of the molecule is Cc1oc(-c2ccc(C(F)(F)F)cc2)nc1COc1ccc(C(CC(=O)O)c2ccon2)cc1. The van der Waals surface area contributed by atoms with Crippen LogP contribution in [0.1, 0.15) is 40.6 Å². The molecule has 4 aromatic rings. The lowest BCUT2D eigenvalue weighted by atomic mass is 9.92. The van der Waals surface area contributed by atoms with E-state index >= 15 is 0 Å². The molecule has 1 atom stereocenters. The highest BCUT2D eigenvalue weighted by Gasteiger charge is 2.30. The smallest absolute Gasteiger partial charge is 0.416 e. The average molecular weight is 472 g/mol. The summed E-state index contributed by atoms with van der Waals surface area (Å²) in [4.78, 5) is 15.6. The maximum Gasteiger partial charge on any atom is 0.416 e. The molecule has 2 heterocycles. The van der Waals surface area contributed by atoms with Gasteiger partial charge in [0.1, 0.15) is 30.1 Å². The number of carboxylic acid groups (broad SMARTS) is 1. The van der Waals surface area contributed by atoms with Gasteiger partial charge >= 0.3 is 12.1 Å². The highest BCUT2D eigenvalue weighted by Crippen LogP contribution is 2.32. The molecule has 0 saturated carbocycles. The van der Waals surface area contributed by atoms with E-state index in [0.29, 0.717) is 28.5 Å². The Kier molecular flexibility index (Phi) is 6.40. The number of hydrogen-bond donors (Lipinski definition) is 1. The van der Waals surface area contributed by atoms with Crippen LogP contribution in [0.15, 0.2) is 69.8 Å². The Labute approximate surface area is 191 Å². The van der Waals surface area contributed by atoms with Crippen molar-refractivity contribution in [2.45, 2.75) is 32.0 Å². The van der Waals surface area contributed by atoms with E-state index in [-0.39, 0.29) is 18.9 Å². The first kappa shape index (κ1) is 23.1. The molecular weight excluding hydrogens is 453 g/mol. The molecule has 1 N–H and O–H groups in total. The molecule has 7 nitrogen and oxygen atoms in total. The minimum Gasteiger partial charge on any atom is -0.487 e. The quantitative estimate of drug-likeness (QED) is 0.344. The monoisotopic (exact) mass is 472 g/mol. The Morgan fingerprint density at radius 1 is 1.09 bits per heavy atom. The molecule has 0 aliphatic carbocycles. The van der Waals surface area contributed by atoms with E-state index in [2.05, 4.69) is 10.1 Å². The summed E-state index contributed by atoms with van der Waals surface area (Å²) < 4.78 is 54.5. The molecule has 0 amide bonds. The molecule has 10 heteroatoms. The fraction of sp³-hybridized carbons (Fsp3) is 0.208. The van der Waals surface area contributed by atoms with Gasteiger partial charge < -0.3 is 18.8 Å². The summed E-state index contributed by atoms with van der Waals surface area (Å²) in [5, 5.41) is 13.1. The van der Waals surface area contributed by atoms with Crippen LogP contribution in [0.3, 0.4) is 0 Å². The van der Waals surface area contributed by atoms with Gasteiger partial charge in [0.15, 0.2) is 0 Å². The van der Waals surface area contributed by atoms with Crippen molar-refractivity contribution in [3.63, 3.8) is 0 Å². The van der Waals surface area contributed by atoms with E-state index in [1.165, 1.54) is 18.4 Å². The zero-order chi connectivity index (χ0) is 24.3. The lowest BCUT2D eigenvalue weighted by Crippen LogP contribution is -2.08. The largest absolute Gasteiger partial charge is 0.487 e. The fourth-order valence-electron chi connectivity index (χ4n) is 3.40. The summed E-state index contributed by atoms with van der Waals surface area (Å²) in [5.41, 5.74) is 1.44. The first-order valence-electron chi connectivity index (χ1n) is 10.2. The number of ether oxygens (including phenoxy) is 1. The third kappa shape index (κ3) is 5.28. The third-order valence-corrected chi connectivity index (χ3v) is 5.20. The van der Waals surface area contributed by atoms with Gasteiger partial charge in [-0.1, -0.05) is 17.3 Å². The zero-order valence-corrected chi connectivity index (χ0v) is 17.9. The molecule has 0 bridgehead atoms. The summed E-state index contributed by atoms with van der Waals surface area (Å²) in [6, 6.07) is 13.1. The number of alkyl halides is 3. The fourth-order valence-corrected chi connectivity index (χ4v) is 3.40. The number of rotatable bonds is 8. The number of carbonyl (C=O) groups is 1. The summed E-state index contributed by atoms with van der Waals surface area (Å²) in [5.74, 6) is -0.215. The van der Waals surface area contributed by atoms with Crippen molar-refractivity contribution < 1.29 is 36.7 Å². The molecule has 34 heavy (non-hydrogen) atoms. The minimum atomic E-state index is -4.41. The van der Waals surface area contributed by atoms with Crippen molar-refractivity contribution in [2.24, 2.45) is 0 Å². The Bertz CT molecular complexity index is 1250. The highest BCUT2D eigenvalue weighted by atomic mass is 19.4. The van der Waals surface area contributed by atoms with Gasteiger partial charge in [0.25, 0.3) is 0 Å². The van der Waals surface area contributed by atoms with Gasteiger partial charge in [-0.25, -0.2) is 4.98 Å². The van der Waals surface area contributed by atoms with E-state index < -0.39 is 23.6 Å². The van der Waals surface area contributed by atoms with Crippen LogP contribution in [0.25, 0.3) is 11.5 Å². The second kappa shape index (κ2) is 9.42. The average Bonchev–Trinajstić information content (AvgIpc) is 3.46. The number of benzene rings is 2. The van der Waals surface area contributed by atoms with Gasteiger partial charge in [-0.2, -0.15) is 13.2 Å². The Balaban J connectivity index is 1.44. The van der Waals surface area contributed by atoms with Crippen molar-refractivity contribution in [3.8, 4) is 17.2 Å². The molecule has 0 radical (unpaired) electrons. The van der Waals surface area contributed by atoms with Crippen molar-refractivity contribution >= 4 is 5.97 Å². The summed E-state index contributed by atoms with van der Waals surface area (Å²) in [7, 11) is 0. The molecule has 2 aromatic carbocycles. The normalized spacial score (nSPS) is 12.5. The summed E-state index contributed by atoms with van der Waals surface area (Å²) in [6.07, 6.45) is -3.17. The van der Waals surface area contributed by atoms with E-state index in [1.807, 2.05) is 0 Å². The molecule has 0 fully saturated rings. The molecule has 0 spiro atoms. The molecule has 176 valence electrons. The number of oxazole rings is 1. The first-order chi connectivity index (χ1) is 16.2. The van der Waals surface area contributed by atoms with Crippen molar-refractivity contribution in [2.75, 3.05) is 0 Å². The molecule has 4 rings (SSSR count). The van der Waals surface area contributed by atoms with Crippen LogP contribution < -0.4 is 4.74 Å². The molecular formula is C24H19F3N2O5. The van der Waals surface area contributed by atoms with E-state index in [9.17, 15) is 23.1 Å². The Morgan fingerprint density at radius 2 is 1.79 bits per heavy atom. The topological polar surface area (TPSA) is 98.6 Å². The Morgan fingerprint density at radius 3 is 2.38 bits per heavy atom. The van der Waals surface area contributed by atoms with Crippen LogP contribution in [0, 0.1) is 6.92 Å². The second-order valence-electron chi connectivity index (χ2n) is 7.53. The molecule has 0 aliphatic rings. The number of nitrogens with zero attached hydrogens (tertiary/aromatic N) is 2. The number of carboxylic acids is 1. The lowest BCUT2D eigenvalue weighted by molar-refractivity contribution is -0.138. The molecule has 0 saturated heterocycles. The number of aliphatic carboxylic acids is 1. The minimum absolute atomic E-state index is 0.0805. The maximum atomic E-state index is 12.8. The van der Waals surface area contributed by atoms with Crippen LogP contribution in [0.5, 0.6) is 5.75 Å². The van der Waals surface area contributed by atoms with Gasteiger partial charge in [0.2, 0.25) is 5.89 Å².